The van der Waals surface area contributed by atoms with E-state index in [1.807, 2.05) is 23.4 Å². The van der Waals surface area contributed by atoms with E-state index in [0.717, 1.165) is 44.7 Å². The van der Waals surface area contributed by atoms with Crippen molar-refractivity contribution in [2.75, 3.05) is 19.6 Å². The van der Waals surface area contributed by atoms with Gasteiger partial charge in [0.15, 0.2) is 0 Å². The number of amides is 2. The van der Waals surface area contributed by atoms with E-state index in [2.05, 4.69) is 57.1 Å². The highest BCUT2D eigenvalue weighted by molar-refractivity contribution is 5.74. The van der Waals surface area contributed by atoms with Crippen LogP contribution in [0.15, 0.2) is 36.5 Å². The molecule has 28 heavy (non-hydrogen) atoms. The Hall–Kier alpha value is -2.41. The number of hydrogen-bond acceptors (Lipinski definition) is 4. The summed E-state index contributed by atoms with van der Waals surface area (Å²) >= 11 is 0. The summed E-state index contributed by atoms with van der Waals surface area (Å²) in [6.45, 7) is 7.45. The Morgan fingerprint density at radius 3 is 2.54 bits per heavy atom. The molecular weight excluding hydrogens is 352 g/mol. The summed E-state index contributed by atoms with van der Waals surface area (Å²) in [6, 6.07) is 11.7. The van der Waals surface area contributed by atoms with Gasteiger partial charge in [0.1, 0.15) is 0 Å². The van der Waals surface area contributed by atoms with Crippen LogP contribution in [-0.2, 0) is 6.54 Å². The zero-order valence-electron chi connectivity index (χ0n) is 16.8. The predicted molar refractivity (Wildman–Crippen MR) is 108 cm³/mol. The van der Waals surface area contributed by atoms with Gasteiger partial charge in [0, 0.05) is 38.3 Å². The number of benzene rings is 1. The average molecular weight is 383 g/mol. The number of rotatable bonds is 5. The second-order valence-electron chi connectivity index (χ2n) is 8.20. The summed E-state index contributed by atoms with van der Waals surface area (Å²) in [5, 5.41) is 11.8. The van der Waals surface area contributed by atoms with Gasteiger partial charge >= 0.3 is 6.03 Å². The maximum absolute atomic E-state index is 12.1. The number of likely N-dealkylation sites (tertiary alicyclic amines) is 2. The Morgan fingerprint density at radius 2 is 1.89 bits per heavy atom. The molecule has 0 bridgehead atoms. The van der Waals surface area contributed by atoms with E-state index in [9.17, 15) is 4.79 Å². The van der Waals surface area contributed by atoms with Crippen molar-refractivity contribution in [1.29, 1.82) is 0 Å². The molecule has 0 unspecified atom stereocenters. The van der Waals surface area contributed by atoms with Crippen LogP contribution in [0.25, 0.3) is 0 Å². The highest BCUT2D eigenvalue weighted by Crippen LogP contribution is 2.34. The largest absolute Gasteiger partial charge is 0.336 e. The lowest BCUT2D eigenvalue weighted by Crippen LogP contribution is -2.46. The number of nitrogens with zero attached hydrogens (tertiary/aromatic N) is 5. The van der Waals surface area contributed by atoms with Crippen LogP contribution in [0.2, 0.25) is 0 Å². The molecule has 2 aliphatic heterocycles. The van der Waals surface area contributed by atoms with Crippen molar-refractivity contribution in [1.82, 2.24) is 30.1 Å². The van der Waals surface area contributed by atoms with Gasteiger partial charge in [-0.05, 0) is 38.7 Å². The Morgan fingerprint density at radius 1 is 1.14 bits per heavy atom. The molecule has 7 heteroatoms. The molecule has 3 heterocycles. The van der Waals surface area contributed by atoms with E-state index in [0.29, 0.717) is 12.1 Å². The van der Waals surface area contributed by atoms with Crippen LogP contribution in [0.5, 0.6) is 0 Å². The first-order valence-electron chi connectivity index (χ1n) is 10.4. The number of nitrogens with one attached hydrogen (secondary N) is 1. The van der Waals surface area contributed by atoms with Gasteiger partial charge in [-0.3, -0.25) is 4.90 Å². The van der Waals surface area contributed by atoms with Crippen LogP contribution in [-0.4, -0.2) is 56.5 Å². The molecule has 4 rings (SSSR count). The molecule has 0 aliphatic carbocycles. The number of carbonyl (C=O) groups is 1. The van der Waals surface area contributed by atoms with Crippen molar-refractivity contribution in [3.05, 3.63) is 47.8 Å². The summed E-state index contributed by atoms with van der Waals surface area (Å²) in [4.78, 5) is 16.5. The van der Waals surface area contributed by atoms with Gasteiger partial charge in [-0.15, -0.1) is 5.10 Å². The minimum absolute atomic E-state index is 0.0393. The third-order valence-electron chi connectivity index (χ3n) is 5.78. The number of urea groups is 1. The maximum atomic E-state index is 12.1. The molecule has 0 saturated carbocycles. The van der Waals surface area contributed by atoms with Gasteiger partial charge < -0.3 is 10.2 Å². The molecule has 150 valence electrons. The summed E-state index contributed by atoms with van der Waals surface area (Å²) in [5.41, 5.74) is 2.41. The van der Waals surface area contributed by atoms with E-state index in [1.54, 1.807) is 0 Å². The van der Waals surface area contributed by atoms with Gasteiger partial charge in [-0.25, -0.2) is 9.48 Å². The van der Waals surface area contributed by atoms with E-state index in [1.165, 1.54) is 12.0 Å². The Balaban J connectivity index is 1.30. The normalized spacial score (nSPS) is 21.0. The lowest BCUT2D eigenvalue weighted by molar-refractivity contribution is 0.0803. The number of carbonyl (C=O) groups excluding carboxylic acids is 1. The van der Waals surface area contributed by atoms with E-state index >= 15 is 0 Å². The maximum Gasteiger partial charge on any atom is 0.317 e. The van der Waals surface area contributed by atoms with Crippen LogP contribution in [0.4, 0.5) is 4.79 Å². The molecule has 0 radical (unpaired) electrons. The summed E-state index contributed by atoms with van der Waals surface area (Å²) in [6.07, 6.45) is 5.14. The van der Waals surface area contributed by atoms with Crippen LogP contribution in [0, 0.1) is 0 Å². The van der Waals surface area contributed by atoms with E-state index < -0.39 is 0 Å². The number of piperidine rings is 1. The third kappa shape index (κ3) is 4.19. The Labute approximate surface area is 166 Å². The van der Waals surface area contributed by atoms with Crippen molar-refractivity contribution in [2.45, 2.75) is 57.8 Å². The van der Waals surface area contributed by atoms with Crippen LogP contribution in [0.3, 0.4) is 0 Å². The summed E-state index contributed by atoms with van der Waals surface area (Å²) in [7, 11) is 0. The lowest BCUT2D eigenvalue weighted by Gasteiger charge is -2.40. The lowest BCUT2D eigenvalue weighted by atomic mass is 9.94. The third-order valence-corrected chi connectivity index (χ3v) is 5.78. The second-order valence-corrected chi connectivity index (χ2v) is 8.20. The van der Waals surface area contributed by atoms with Crippen LogP contribution < -0.4 is 5.32 Å². The van der Waals surface area contributed by atoms with Crippen molar-refractivity contribution in [2.24, 2.45) is 0 Å². The van der Waals surface area contributed by atoms with Crippen molar-refractivity contribution < 1.29 is 4.79 Å². The molecule has 1 aromatic carbocycles. The smallest absolute Gasteiger partial charge is 0.317 e. The zero-order valence-corrected chi connectivity index (χ0v) is 16.8. The van der Waals surface area contributed by atoms with Crippen molar-refractivity contribution in [3.63, 3.8) is 0 Å². The molecule has 1 aromatic heterocycles. The molecule has 1 atom stereocenters. The second kappa shape index (κ2) is 8.31. The molecular formula is C21H30N6O. The number of hydrogen-bond donors (Lipinski definition) is 1. The Bertz CT molecular complexity index is 781. The minimum Gasteiger partial charge on any atom is -0.336 e. The van der Waals surface area contributed by atoms with Gasteiger partial charge in [0.2, 0.25) is 0 Å². The molecule has 0 spiro atoms. The van der Waals surface area contributed by atoms with Crippen molar-refractivity contribution in [3.8, 4) is 0 Å². The first-order valence-corrected chi connectivity index (χ1v) is 10.4. The summed E-state index contributed by atoms with van der Waals surface area (Å²) in [5.74, 6) is 0. The highest BCUT2D eigenvalue weighted by Gasteiger charge is 2.30. The molecule has 2 amide bonds. The zero-order chi connectivity index (χ0) is 19.5. The van der Waals surface area contributed by atoms with E-state index in [4.69, 9.17) is 0 Å². The van der Waals surface area contributed by atoms with Crippen molar-refractivity contribution >= 4 is 6.03 Å². The SMILES string of the molecule is CC(C)NC(=O)N1CCC(n2cc(CN3CC[C@H]3c3ccccc3)nn2)CC1. The fraction of sp³-hybridized carbons (Fsp3) is 0.571. The van der Waals surface area contributed by atoms with Crippen LogP contribution in [0.1, 0.15) is 56.5 Å². The fourth-order valence-corrected chi connectivity index (χ4v) is 4.13. The Kier molecular flexibility index (Phi) is 5.62. The van der Waals surface area contributed by atoms with Gasteiger partial charge in [-0.1, -0.05) is 35.5 Å². The molecule has 7 nitrogen and oxygen atoms in total. The summed E-state index contributed by atoms with van der Waals surface area (Å²) < 4.78 is 2.00. The first-order chi connectivity index (χ1) is 13.6. The van der Waals surface area contributed by atoms with Crippen LogP contribution >= 0.6 is 0 Å². The highest BCUT2D eigenvalue weighted by atomic mass is 16.2. The molecule has 2 saturated heterocycles. The van der Waals surface area contributed by atoms with Gasteiger partial charge in [-0.2, -0.15) is 0 Å². The molecule has 2 aromatic rings. The monoisotopic (exact) mass is 382 g/mol. The minimum atomic E-state index is 0.0393. The quantitative estimate of drug-likeness (QED) is 0.863. The average Bonchev–Trinajstić information content (AvgIpc) is 3.14. The van der Waals surface area contributed by atoms with E-state index in [-0.39, 0.29) is 12.1 Å². The standard InChI is InChI=1S/C21H30N6O/c1-16(2)22-21(28)25-11-8-19(9-12-25)27-15-18(23-24-27)14-26-13-10-20(26)17-6-4-3-5-7-17/h3-7,15-16,19-20H,8-14H2,1-2H3,(H,22,28)/t20-/m0/s1. The topological polar surface area (TPSA) is 66.3 Å². The molecule has 1 N–H and O–H groups in total. The fourth-order valence-electron chi connectivity index (χ4n) is 4.13. The number of aromatic nitrogens is 3. The first kappa shape index (κ1) is 18.9. The van der Waals surface area contributed by atoms with Gasteiger partial charge in [0.25, 0.3) is 0 Å². The molecule has 2 aliphatic rings. The molecule has 2 fully saturated rings. The van der Waals surface area contributed by atoms with Gasteiger partial charge in [0.05, 0.1) is 17.9 Å². The predicted octanol–water partition coefficient (Wildman–Crippen LogP) is 2.98.